The Balaban J connectivity index is 2.38. The minimum atomic E-state index is -0.153. The summed E-state index contributed by atoms with van der Waals surface area (Å²) in [5.41, 5.74) is 7.20. The van der Waals surface area contributed by atoms with Crippen molar-refractivity contribution in [2.24, 2.45) is 5.73 Å². The maximum absolute atomic E-state index is 10.9. The summed E-state index contributed by atoms with van der Waals surface area (Å²) in [5.74, 6) is -0.153. The molecule has 1 unspecified atom stereocenters. The monoisotopic (exact) mass is 238 g/mol. The van der Waals surface area contributed by atoms with Crippen molar-refractivity contribution in [3.8, 4) is 0 Å². The summed E-state index contributed by atoms with van der Waals surface area (Å²) in [6, 6.07) is 2.18. The molecule has 96 valence electrons. The van der Waals surface area contributed by atoms with Crippen LogP contribution in [0.2, 0.25) is 0 Å². The maximum Gasteiger partial charge on any atom is 0.305 e. The molecule has 0 aromatic carbocycles. The number of carbonyl (C=O) groups is 1. The van der Waals surface area contributed by atoms with Gasteiger partial charge in [0.15, 0.2) is 0 Å². The van der Waals surface area contributed by atoms with Crippen LogP contribution in [-0.2, 0) is 16.1 Å². The van der Waals surface area contributed by atoms with Gasteiger partial charge in [-0.05, 0) is 24.5 Å². The van der Waals surface area contributed by atoms with E-state index in [1.54, 1.807) is 0 Å². The Labute approximate surface area is 103 Å². The quantitative estimate of drug-likeness (QED) is 0.741. The van der Waals surface area contributed by atoms with Gasteiger partial charge in [-0.2, -0.15) is 0 Å². The Morgan fingerprint density at radius 2 is 2.35 bits per heavy atom. The molecule has 1 aromatic heterocycles. The summed E-state index contributed by atoms with van der Waals surface area (Å²) in [7, 11) is 1.42. The first-order chi connectivity index (χ1) is 8.17. The average Bonchev–Trinajstić information content (AvgIpc) is 2.78. The molecule has 1 atom stereocenters. The van der Waals surface area contributed by atoms with E-state index < -0.39 is 0 Å². The van der Waals surface area contributed by atoms with Crippen molar-refractivity contribution in [1.29, 1.82) is 0 Å². The highest BCUT2D eigenvalue weighted by atomic mass is 16.5. The molecule has 0 aliphatic carbocycles. The molecule has 2 N–H and O–H groups in total. The number of carbonyl (C=O) groups excluding carboxylic acids is 1. The molecule has 4 nitrogen and oxygen atoms in total. The molecule has 1 aromatic rings. The highest BCUT2D eigenvalue weighted by molar-refractivity contribution is 5.68. The Morgan fingerprint density at radius 3 is 3.00 bits per heavy atom. The van der Waals surface area contributed by atoms with Crippen LogP contribution in [0.4, 0.5) is 0 Å². The van der Waals surface area contributed by atoms with Crippen molar-refractivity contribution < 1.29 is 9.53 Å². The molecule has 0 bridgehead atoms. The lowest BCUT2D eigenvalue weighted by Gasteiger charge is -2.07. The molecule has 4 heteroatoms. The second-order valence-electron chi connectivity index (χ2n) is 4.26. The SMILES string of the molecule is CCCC(N)c1ccn(CCCC(=O)OC)c1. The zero-order valence-electron chi connectivity index (χ0n) is 10.7. The number of aryl methyl sites for hydroxylation is 1. The summed E-state index contributed by atoms with van der Waals surface area (Å²) in [5, 5.41) is 0. The Kier molecular flexibility index (Phi) is 5.77. The molecule has 17 heavy (non-hydrogen) atoms. The highest BCUT2D eigenvalue weighted by Crippen LogP contribution is 2.16. The lowest BCUT2D eigenvalue weighted by molar-refractivity contribution is -0.140. The molecule has 0 fully saturated rings. The topological polar surface area (TPSA) is 57.2 Å². The van der Waals surface area contributed by atoms with Crippen LogP contribution in [0.5, 0.6) is 0 Å². The zero-order valence-corrected chi connectivity index (χ0v) is 10.7. The summed E-state index contributed by atoms with van der Waals surface area (Å²) in [6.45, 7) is 2.96. The van der Waals surface area contributed by atoms with Gasteiger partial charge in [0.05, 0.1) is 7.11 Å². The smallest absolute Gasteiger partial charge is 0.305 e. The summed E-state index contributed by atoms with van der Waals surface area (Å²) < 4.78 is 6.67. The van der Waals surface area contributed by atoms with E-state index in [2.05, 4.69) is 28.5 Å². The van der Waals surface area contributed by atoms with Crippen molar-refractivity contribution in [3.05, 3.63) is 24.0 Å². The van der Waals surface area contributed by atoms with Gasteiger partial charge in [0.2, 0.25) is 0 Å². The van der Waals surface area contributed by atoms with Crippen LogP contribution in [0.15, 0.2) is 18.5 Å². The number of rotatable bonds is 7. The van der Waals surface area contributed by atoms with Crippen LogP contribution in [0.25, 0.3) is 0 Å². The molecular weight excluding hydrogens is 216 g/mol. The normalized spacial score (nSPS) is 12.4. The summed E-state index contributed by atoms with van der Waals surface area (Å²) >= 11 is 0. The Bertz CT molecular complexity index is 347. The Morgan fingerprint density at radius 1 is 1.59 bits per heavy atom. The van der Waals surface area contributed by atoms with Gasteiger partial charge in [-0.15, -0.1) is 0 Å². The predicted molar refractivity (Wildman–Crippen MR) is 67.5 cm³/mol. The molecular formula is C13H22N2O2. The first-order valence-corrected chi connectivity index (χ1v) is 6.15. The van der Waals surface area contributed by atoms with Gasteiger partial charge in [0, 0.05) is 31.4 Å². The lowest BCUT2D eigenvalue weighted by Crippen LogP contribution is -2.09. The first kappa shape index (κ1) is 13.8. The van der Waals surface area contributed by atoms with Crippen LogP contribution in [-0.4, -0.2) is 17.6 Å². The molecule has 0 radical (unpaired) electrons. The molecule has 0 saturated carbocycles. The number of nitrogens with two attached hydrogens (primary N) is 1. The largest absolute Gasteiger partial charge is 0.469 e. The predicted octanol–water partition coefficient (Wildman–Crippen LogP) is 2.24. The van der Waals surface area contributed by atoms with Gasteiger partial charge in [0.1, 0.15) is 0 Å². The van der Waals surface area contributed by atoms with Crippen LogP contribution >= 0.6 is 0 Å². The van der Waals surface area contributed by atoms with E-state index >= 15 is 0 Å². The van der Waals surface area contributed by atoms with Gasteiger partial charge in [-0.3, -0.25) is 4.79 Å². The molecule has 0 aliphatic heterocycles. The van der Waals surface area contributed by atoms with Crippen LogP contribution < -0.4 is 5.73 Å². The van der Waals surface area contributed by atoms with Gasteiger partial charge in [-0.25, -0.2) is 0 Å². The zero-order chi connectivity index (χ0) is 12.7. The molecule has 1 rings (SSSR count). The molecule has 0 amide bonds. The fourth-order valence-corrected chi connectivity index (χ4v) is 1.80. The molecule has 1 heterocycles. The average molecular weight is 238 g/mol. The minimum absolute atomic E-state index is 0.127. The third kappa shape index (κ3) is 4.61. The second kappa shape index (κ2) is 7.12. The lowest BCUT2D eigenvalue weighted by atomic mass is 10.1. The fourth-order valence-electron chi connectivity index (χ4n) is 1.80. The number of ether oxygens (including phenoxy) is 1. The number of esters is 1. The van der Waals surface area contributed by atoms with Crippen LogP contribution in [0.1, 0.15) is 44.2 Å². The second-order valence-corrected chi connectivity index (χ2v) is 4.26. The number of nitrogens with zero attached hydrogens (tertiary/aromatic N) is 1. The van der Waals surface area contributed by atoms with Crippen molar-refractivity contribution in [1.82, 2.24) is 4.57 Å². The summed E-state index contributed by atoms with van der Waals surface area (Å²) in [6.07, 6.45) is 7.44. The van der Waals surface area contributed by atoms with E-state index in [4.69, 9.17) is 5.73 Å². The van der Waals surface area contributed by atoms with Crippen molar-refractivity contribution in [3.63, 3.8) is 0 Å². The third-order valence-electron chi connectivity index (χ3n) is 2.83. The number of hydrogen-bond donors (Lipinski definition) is 1. The van der Waals surface area contributed by atoms with Crippen molar-refractivity contribution in [2.75, 3.05) is 7.11 Å². The van der Waals surface area contributed by atoms with Crippen LogP contribution in [0, 0.1) is 0 Å². The molecule has 0 spiro atoms. The van der Waals surface area contributed by atoms with E-state index in [1.807, 2.05) is 6.20 Å². The molecule has 0 aliphatic rings. The minimum Gasteiger partial charge on any atom is -0.469 e. The summed E-state index contributed by atoms with van der Waals surface area (Å²) in [4.78, 5) is 10.9. The highest BCUT2D eigenvalue weighted by Gasteiger charge is 2.06. The van der Waals surface area contributed by atoms with E-state index in [0.717, 1.165) is 25.8 Å². The Hall–Kier alpha value is -1.29. The maximum atomic E-state index is 10.9. The van der Waals surface area contributed by atoms with Crippen molar-refractivity contribution >= 4 is 5.97 Å². The van der Waals surface area contributed by atoms with E-state index in [9.17, 15) is 4.79 Å². The van der Waals surface area contributed by atoms with Gasteiger partial charge >= 0.3 is 5.97 Å². The number of methoxy groups -OCH3 is 1. The third-order valence-corrected chi connectivity index (χ3v) is 2.83. The first-order valence-electron chi connectivity index (χ1n) is 6.15. The van der Waals surface area contributed by atoms with Gasteiger partial charge in [-0.1, -0.05) is 13.3 Å². The van der Waals surface area contributed by atoms with E-state index in [-0.39, 0.29) is 12.0 Å². The van der Waals surface area contributed by atoms with E-state index in [1.165, 1.54) is 12.7 Å². The fraction of sp³-hybridized carbons (Fsp3) is 0.615. The van der Waals surface area contributed by atoms with E-state index in [0.29, 0.717) is 6.42 Å². The van der Waals surface area contributed by atoms with Gasteiger partial charge < -0.3 is 15.0 Å². The standard InChI is InChI=1S/C13H22N2O2/c1-3-5-12(14)11-7-9-15(10-11)8-4-6-13(16)17-2/h7,9-10,12H,3-6,8,14H2,1-2H3. The molecule has 0 saturated heterocycles. The number of aromatic nitrogens is 1. The van der Waals surface area contributed by atoms with Crippen LogP contribution in [0.3, 0.4) is 0 Å². The number of hydrogen-bond acceptors (Lipinski definition) is 3. The van der Waals surface area contributed by atoms with Crippen molar-refractivity contribution in [2.45, 2.75) is 45.2 Å². The van der Waals surface area contributed by atoms with Gasteiger partial charge in [0.25, 0.3) is 0 Å².